The Kier molecular flexibility index (Phi) is 3.64. The van der Waals surface area contributed by atoms with E-state index in [4.69, 9.17) is 0 Å². The lowest BCUT2D eigenvalue weighted by molar-refractivity contribution is 0.0966. The standard InChI is InChI=1S/C9H7Br2N3O2S/c1-13-4-12-14(9(13)16)3-6(15)5-2-7(10)17-8(5)11/h2,4H,3H2,1H3. The summed E-state index contributed by atoms with van der Waals surface area (Å²) in [5.41, 5.74) is 0.253. The molecule has 5 nitrogen and oxygen atoms in total. The van der Waals surface area contributed by atoms with Crippen LogP contribution in [0.15, 0.2) is 24.8 Å². The summed E-state index contributed by atoms with van der Waals surface area (Å²) in [5.74, 6) is -0.153. The molecule has 2 aromatic heterocycles. The third kappa shape index (κ3) is 2.58. The normalized spacial score (nSPS) is 10.8. The van der Waals surface area contributed by atoms with Gasteiger partial charge in [0, 0.05) is 12.6 Å². The fraction of sp³-hybridized carbons (Fsp3) is 0.222. The van der Waals surface area contributed by atoms with Crippen molar-refractivity contribution in [3.63, 3.8) is 0 Å². The highest BCUT2D eigenvalue weighted by atomic mass is 79.9. The summed E-state index contributed by atoms with van der Waals surface area (Å²) in [6.07, 6.45) is 1.38. The first-order valence-electron chi connectivity index (χ1n) is 4.55. The maximum Gasteiger partial charge on any atom is 0.345 e. The molecule has 0 spiro atoms. The van der Waals surface area contributed by atoms with Crippen LogP contribution in [0.1, 0.15) is 10.4 Å². The number of thiophene rings is 1. The highest BCUT2D eigenvalue weighted by molar-refractivity contribution is 9.12. The van der Waals surface area contributed by atoms with Gasteiger partial charge in [-0.05, 0) is 37.9 Å². The molecule has 17 heavy (non-hydrogen) atoms. The number of ketones is 1. The number of aryl methyl sites for hydroxylation is 1. The molecule has 0 saturated carbocycles. The Morgan fingerprint density at radius 2 is 2.24 bits per heavy atom. The van der Waals surface area contributed by atoms with E-state index in [1.807, 2.05) is 0 Å². The van der Waals surface area contributed by atoms with Crippen molar-refractivity contribution in [2.45, 2.75) is 6.54 Å². The van der Waals surface area contributed by atoms with Crippen LogP contribution in [0.5, 0.6) is 0 Å². The molecular weight excluding hydrogens is 374 g/mol. The SMILES string of the molecule is Cn1cnn(CC(=O)c2cc(Br)sc2Br)c1=O. The molecular formula is C9H7Br2N3O2S. The van der Waals surface area contributed by atoms with Crippen LogP contribution in [0, 0.1) is 0 Å². The van der Waals surface area contributed by atoms with Crippen molar-refractivity contribution in [3.8, 4) is 0 Å². The molecule has 90 valence electrons. The lowest BCUT2D eigenvalue weighted by Crippen LogP contribution is -2.26. The molecule has 0 bridgehead atoms. The monoisotopic (exact) mass is 379 g/mol. The molecule has 0 amide bonds. The second kappa shape index (κ2) is 4.87. The number of Topliss-reactive ketones (excluding diaryl/α,β-unsaturated/α-hetero) is 1. The van der Waals surface area contributed by atoms with Crippen molar-refractivity contribution < 1.29 is 4.79 Å². The Morgan fingerprint density at radius 1 is 1.53 bits per heavy atom. The summed E-state index contributed by atoms with van der Waals surface area (Å²) in [4.78, 5) is 23.5. The first kappa shape index (κ1) is 12.7. The Labute approximate surface area is 117 Å². The average Bonchev–Trinajstić information content (AvgIpc) is 2.75. The molecule has 0 atom stereocenters. The van der Waals surface area contributed by atoms with E-state index in [9.17, 15) is 9.59 Å². The van der Waals surface area contributed by atoms with Crippen LogP contribution in [-0.2, 0) is 13.6 Å². The van der Waals surface area contributed by atoms with Gasteiger partial charge in [-0.3, -0.25) is 9.36 Å². The van der Waals surface area contributed by atoms with Crippen molar-refractivity contribution in [1.82, 2.24) is 14.3 Å². The van der Waals surface area contributed by atoms with E-state index in [1.165, 1.54) is 22.2 Å². The largest absolute Gasteiger partial charge is 0.345 e. The Morgan fingerprint density at radius 3 is 2.71 bits per heavy atom. The molecule has 0 aliphatic rings. The van der Waals surface area contributed by atoms with Crippen LogP contribution in [0.3, 0.4) is 0 Å². The molecule has 0 fully saturated rings. The zero-order chi connectivity index (χ0) is 12.6. The van der Waals surface area contributed by atoms with E-state index in [2.05, 4.69) is 37.0 Å². The summed E-state index contributed by atoms with van der Waals surface area (Å²) in [5, 5.41) is 3.84. The van der Waals surface area contributed by atoms with Gasteiger partial charge in [-0.15, -0.1) is 11.3 Å². The van der Waals surface area contributed by atoms with E-state index >= 15 is 0 Å². The topological polar surface area (TPSA) is 56.9 Å². The zero-order valence-corrected chi connectivity index (χ0v) is 12.7. The van der Waals surface area contributed by atoms with Gasteiger partial charge in [0.25, 0.3) is 0 Å². The minimum Gasteiger partial charge on any atom is -0.292 e. The minimum absolute atomic E-state index is 0.0541. The molecule has 0 aliphatic carbocycles. The van der Waals surface area contributed by atoms with Crippen LogP contribution >= 0.6 is 43.2 Å². The van der Waals surface area contributed by atoms with Crippen LogP contribution in [-0.4, -0.2) is 20.1 Å². The van der Waals surface area contributed by atoms with Crippen molar-refractivity contribution in [2.75, 3.05) is 0 Å². The van der Waals surface area contributed by atoms with E-state index < -0.39 is 0 Å². The van der Waals surface area contributed by atoms with Gasteiger partial charge in [0.1, 0.15) is 12.9 Å². The molecule has 0 N–H and O–H groups in total. The molecule has 0 aromatic carbocycles. The van der Waals surface area contributed by atoms with E-state index in [0.717, 1.165) is 12.3 Å². The second-order valence-corrected chi connectivity index (χ2v) is 7.09. The number of carbonyl (C=O) groups excluding carboxylic acids is 1. The number of hydrogen-bond acceptors (Lipinski definition) is 4. The Balaban J connectivity index is 2.26. The number of carbonyl (C=O) groups is 1. The van der Waals surface area contributed by atoms with Crippen LogP contribution in [0.2, 0.25) is 0 Å². The molecule has 2 aromatic rings. The average molecular weight is 381 g/mol. The number of nitrogens with zero attached hydrogens (tertiary/aromatic N) is 3. The Hall–Kier alpha value is -0.730. The predicted molar refractivity (Wildman–Crippen MR) is 71.5 cm³/mol. The summed E-state index contributed by atoms with van der Waals surface area (Å²) < 4.78 is 4.08. The Bertz CT molecular complexity index is 628. The fourth-order valence-electron chi connectivity index (χ4n) is 1.28. The summed E-state index contributed by atoms with van der Waals surface area (Å²) in [7, 11) is 1.59. The lowest BCUT2D eigenvalue weighted by Gasteiger charge is -1.98. The smallest absolute Gasteiger partial charge is 0.292 e. The van der Waals surface area contributed by atoms with Gasteiger partial charge in [0.15, 0.2) is 5.78 Å². The molecule has 8 heteroatoms. The predicted octanol–water partition coefficient (Wildman–Crippen LogP) is 2.05. The molecule has 0 radical (unpaired) electrons. The van der Waals surface area contributed by atoms with Gasteiger partial charge in [-0.2, -0.15) is 5.10 Å². The molecule has 0 aliphatic heterocycles. The fourth-order valence-corrected chi connectivity index (χ4v) is 4.14. The van der Waals surface area contributed by atoms with Gasteiger partial charge in [-0.1, -0.05) is 0 Å². The third-order valence-corrected chi connectivity index (χ3v) is 4.48. The molecule has 2 rings (SSSR count). The molecule has 2 heterocycles. The zero-order valence-electron chi connectivity index (χ0n) is 8.68. The quantitative estimate of drug-likeness (QED) is 0.765. The minimum atomic E-state index is -0.302. The second-order valence-electron chi connectivity index (χ2n) is 3.34. The van der Waals surface area contributed by atoms with Crippen LogP contribution in [0.4, 0.5) is 0 Å². The highest BCUT2D eigenvalue weighted by Crippen LogP contribution is 2.32. The van der Waals surface area contributed by atoms with E-state index in [0.29, 0.717) is 5.56 Å². The molecule has 0 unspecified atom stereocenters. The molecule has 0 saturated heterocycles. The lowest BCUT2D eigenvalue weighted by atomic mass is 10.2. The van der Waals surface area contributed by atoms with E-state index in [1.54, 1.807) is 13.1 Å². The first-order chi connectivity index (χ1) is 7.99. The highest BCUT2D eigenvalue weighted by Gasteiger charge is 2.15. The third-order valence-electron chi connectivity index (χ3n) is 2.14. The van der Waals surface area contributed by atoms with Gasteiger partial charge >= 0.3 is 5.69 Å². The summed E-state index contributed by atoms with van der Waals surface area (Å²) in [6.45, 7) is -0.0541. The van der Waals surface area contributed by atoms with Gasteiger partial charge in [0.2, 0.25) is 0 Å². The van der Waals surface area contributed by atoms with Crippen molar-refractivity contribution in [3.05, 3.63) is 36.0 Å². The summed E-state index contributed by atoms with van der Waals surface area (Å²) >= 11 is 8.03. The maximum atomic E-state index is 12.0. The van der Waals surface area contributed by atoms with E-state index in [-0.39, 0.29) is 18.0 Å². The van der Waals surface area contributed by atoms with Gasteiger partial charge in [-0.25, -0.2) is 9.48 Å². The maximum absolute atomic E-state index is 12.0. The number of halogens is 2. The van der Waals surface area contributed by atoms with Gasteiger partial charge in [0.05, 0.1) is 7.57 Å². The number of aromatic nitrogens is 3. The number of rotatable bonds is 3. The first-order valence-corrected chi connectivity index (χ1v) is 6.95. The van der Waals surface area contributed by atoms with Crippen LogP contribution < -0.4 is 5.69 Å². The van der Waals surface area contributed by atoms with Crippen molar-refractivity contribution >= 4 is 49.0 Å². The summed E-state index contributed by atoms with van der Waals surface area (Å²) in [6, 6.07) is 1.73. The van der Waals surface area contributed by atoms with Crippen LogP contribution in [0.25, 0.3) is 0 Å². The number of hydrogen-bond donors (Lipinski definition) is 0. The van der Waals surface area contributed by atoms with Crippen molar-refractivity contribution in [2.24, 2.45) is 7.05 Å². The van der Waals surface area contributed by atoms with Gasteiger partial charge < -0.3 is 0 Å². The van der Waals surface area contributed by atoms with Crippen molar-refractivity contribution in [1.29, 1.82) is 0 Å².